The van der Waals surface area contributed by atoms with E-state index in [9.17, 15) is 9.59 Å². The minimum absolute atomic E-state index is 0.0228. The number of carbonyl (C=O) groups excluding carboxylic acids is 2. The van der Waals surface area contributed by atoms with Gasteiger partial charge in [0.2, 0.25) is 11.8 Å². The zero-order chi connectivity index (χ0) is 23.9. The van der Waals surface area contributed by atoms with Crippen LogP contribution < -0.4 is 10.6 Å². The van der Waals surface area contributed by atoms with E-state index in [1.807, 2.05) is 47.4 Å². The van der Waals surface area contributed by atoms with Crippen molar-refractivity contribution >= 4 is 34.5 Å². The second-order valence-corrected chi connectivity index (χ2v) is 10.2. The van der Waals surface area contributed by atoms with Crippen molar-refractivity contribution in [3.05, 3.63) is 54.1 Å². The Bertz CT molecular complexity index is 1240. The highest BCUT2D eigenvalue weighted by molar-refractivity contribution is 6.20. The summed E-state index contributed by atoms with van der Waals surface area (Å²) in [6.07, 6.45) is 2.37. The molecule has 2 aromatic carbocycles. The van der Waals surface area contributed by atoms with Crippen LogP contribution in [-0.2, 0) is 4.79 Å². The molecule has 0 radical (unpaired) electrons. The predicted molar refractivity (Wildman–Crippen MR) is 133 cm³/mol. The van der Waals surface area contributed by atoms with E-state index < -0.39 is 0 Å². The Labute approximate surface area is 208 Å². The highest BCUT2D eigenvalue weighted by atomic mass is 35.5. The Morgan fingerprint density at radius 1 is 1.06 bits per heavy atom. The van der Waals surface area contributed by atoms with Gasteiger partial charge in [-0.2, -0.15) is 0 Å². The number of piperazine rings is 1. The molecule has 1 saturated carbocycles. The number of alkyl halides is 1. The molecule has 3 fully saturated rings. The van der Waals surface area contributed by atoms with Crippen molar-refractivity contribution in [2.24, 2.45) is 5.92 Å². The van der Waals surface area contributed by atoms with Gasteiger partial charge in [0.25, 0.3) is 5.91 Å². The fourth-order valence-electron chi connectivity index (χ4n) is 5.42. The number of aromatic nitrogens is 1. The number of carbonyl (C=O) groups is 2. The third-order valence-electron chi connectivity index (χ3n) is 7.40. The summed E-state index contributed by atoms with van der Waals surface area (Å²) in [5, 5.41) is 6.79. The van der Waals surface area contributed by atoms with Gasteiger partial charge in [-0.1, -0.05) is 18.2 Å². The van der Waals surface area contributed by atoms with Gasteiger partial charge in [-0.05, 0) is 49.6 Å². The largest absolute Gasteiger partial charge is 0.436 e. The van der Waals surface area contributed by atoms with Crippen LogP contribution >= 0.6 is 11.6 Å². The zero-order valence-electron chi connectivity index (χ0n) is 19.3. The molecule has 4 unspecified atom stereocenters. The summed E-state index contributed by atoms with van der Waals surface area (Å²) in [6.45, 7) is 2.55. The lowest BCUT2D eigenvalue weighted by atomic mass is 9.82. The van der Waals surface area contributed by atoms with Crippen LogP contribution in [0, 0.1) is 5.92 Å². The minimum Gasteiger partial charge on any atom is -0.436 e. The van der Waals surface area contributed by atoms with E-state index in [1.165, 1.54) is 0 Å². The SMILES string of the molecule is O=C1NC(N2CCN(C(=O)c3ccc4nc(-c5ccccc5)oc4c3)CC2)NC2CCC(Cl)CC12. The van der Waals surface area contributed by atoms with E-state index >= 15 is 0 Å². The van der Waals surface area contributed by atoms with Crippen LogP contribution in [0.25, 0.3) is 22.6 Å². The van der Waals surface area contributed by atoms with Gasteiger partial charge < -0.3 is 14.6 Å². The van der Waals surface area contributed by atoms with Crippen molar-refractivity contribution in [1.82, 2.24) is 25.4 Å². The maximum Gasteiger partial charge on any atom is 0.254 e. The van der Waals surface area contributed by atoms with E-state index in [4.69, 9.17) is 16.0 Å². The molecule has 9 heteroatoms. The first-order valence-corrected chi connectivity index (χ1v) is 12.7. The van der Waals surface area contributed by atoms with Gasteiger partial charge >= 0.3 is 0 Å². The van der Waals surface area contributed by atoms with E-state index in [-0.39, 0.29) is 35.4 Å². The smallest absolute Gasteiger partial charge is 0.254 e. The molecule has 182 valence electrons. The average molecular weight is 494 g/mol. The third-order valence-corrected chi connectivity index (χ3v) is 7.79. The van der Waals surface area contributed by atoms with Crippen molar-refractivity contribution in [3.63, 3.8) is 0 Å². The summed E-state index contributed by atoms with van der Waals surface area (Å²) in [5.74, 6) is 0.546. The van der Waals surface area contributed by atoms with Gasteiger partial charge in [0.15, 0.2) is 5.58 Å². The number of oxazole rings is 1. The first-order valence-electron chi connectivity index (χ1n) is 12.2. The normalized spacial score (nSPS) is 27.5. The Kier molecular flexibility index (Phi) is 5.96. The molecule has 2 aliphatic heterocycles. The number of hydrogen-bond donors (Lipinski definition) is 2. The van der Waals surface area contributed by atoms with Gasteiger partial charge in [-0.25, -0.2) is 4.98 Å². The zero-order valence-corrected chi connectivity index (χ0v) is 20.1. The lowest BCUT2D eigenvalue weighted by Gasteiger charge is -2.47. The highest BCUT2D eigenvalue weighted by Gasteiger charge is 2.42. The molecule has 35 heavy (non-hydrogen) atoms. The van der Waals surface area contributed by atoms with Gasteiger partial charge in [-0.15, -0.1) is 11.6 Å². The molecule has 3 aromatic rings. The van der Waals surface area contributed by atoms with E-state index in [0.29, 0.717) is 43.2 Å². The maximum absolute atomic E-state index is 13.2. The van der Waals surface area contributed by atoms with Crippen LogP contribution in [0.4, 0.5) is 0 Å². The highest BCUT2D eigenvalue weighted by Crippen LogP contribution is 2.31. The standard InChI is InChI=1S/C26H28ClN5O3/c27-18-7-9-20-19(15-18)23(33)30-26(29-20)32-12-10-31(11-13-32)25(34)17-6-8-21-22(14-17)35-24(28-21)16-4-2-1-3-5-16/h1-6,8,14,18-20,26,29H,7,9-13,15H2,(H,30,33). The monoisotopic (exact) mass is 493 g/mol. The Hall–Kier alpha value is -2.94. The molecular formula is C26H28ClN5O3. The molecule has 2 saturated heterocycles. The van der Waals surface area contributed by atoms with Crippen LogP contribution in [0.1, 0.15) is 29.6 Å². The summed E-state index contributed by atoms with van der Waals surface area (Å²) in [4.78, 5) is 34.5. The second kappa shape index (κ2) is 9.26. The molecule has 4 atom stereocenters. The first-order chi connectivity index (χ1) is 17.0. The van der Waals surface area contributed by atoms with E-state index in [2.05, 4.69) is 20.5 Å². The Balaban J connectivity index is 1.10. The minimum atomic E-state index is -0.199. The lowest BCUT2D eigenvalue weighted by molar-refractivity contribution is -0.134. The molecule has 2 amide bonds. The first kappa shape index (κ1) is 22.5. The van der Waals surface area contributed by atoms with Crippen molar-refractivity contribution in [2.45, 2.75) is 37.0 Å². The molecule has 3 aliphatic rings. The number of hydrogen-bond acceptors (Lipinski definition) is 6. The molecule has 0 spiro atoms. The Morgan fingerprint density at radius 3 is 2.66 bits per heavy atom. The van der Waals surface area contributed by atoms with Gasteiger partial charge in [-0.3, -0.25) is 19.8 Å². The van der Waals surface area contributed by atoms with E-state index in [0.717, 1.165) is 30.3 Å². The number of halogens is 1. The second-order valence-electron chi connectivity index (χ2n) is 9.60. The number of rotatable bonds is 3. The summed E-state index contributed by atoms with van der Waals surface area (Å²) < 4.78 is 5.94. The fraction of sp³-hybridized carbons (Fsp3) is 0.423. The molecule has 1 aliphatic carbocycles. The summed E-state index contributed by atoms with van der Waals surface area (Å²) in [6, 6.07) is 15.3. The summed E-state index contributed by atoms with van der Waals surface area (Å²) >= 11 is 6.28. The summed E-state index contributed by atoms with van der Waals surface area (Å²) in [5.41, 5.74) is 2.82. The van der Waals surface area contributed by atoms with Crippen molar-refractivity contribution < 1.29 is 14.0 Å². The number of nitrogens with one attached hydrogen (secondary N) is 2. The predicted octanol–water partition coefficient (Wildman–Crippen LogP) is 3.03. The molecule has 3 heterocycles. The quantitative estimate of drug-likeness (QED) is 0.545. The molecule has 2 N–H and O–H groups in total. The molecular weight excluding hydrogens is 466 g/mol. The van der Waals surface area contributed by atoms with Crippen LogP contribution in [0.3, 0.4) is 0 Å². The molecule has 6 rings (SSSR count). The Morgan fingerprint density at radius 2 is 1.86 bits per heavy atom. The number of amides is 2. The van der Waals surface area contributed by atoms with Gasteiger partial charge in [0.05, 0.1) is 5.92 Å². The topological polar surface area (TPSA) is 90.7 Å². The van der Waals surface area contributed by atoms with Crippen LogP contribution in [0.15, 0.2) is 52.9 Å². The third kappa shape index (κ3) is 4.42. The van der Waals surface area contributed by atoms with Crippen molar-refractivity contribution in [2.75, 3.05) is 26.2 Å². The summed E-state index contributed by atoms with van der Waals surface area (Å²) in [7, 11) is 0. The van der Waals surface area contributed by atoms with E-state index in [1.54, 1.807) is 6.07 Å². The number of fused-ring (bicyclic) bond motifs is 2. The van der Waals surface area contributed by atoms with Gasteiger partial charge in [0, 0.05) is 48.7 Å². The van der Waals surface area contributed by atoms with Crippen LogP contribution in [-0.4, -0.2) is 70.5 Å². The van der Waals surface area contributed by atoms with Crippen LogP contribution in [0.2, 0.25) is 0 Å². The molecule has 8 nitrogen and oxygen atoms in total. The average Bonchev–Trinajstić information content (AvgIpc) is 3.33. The van der Waals surface area contributed by atoms with Crippen LogP contribution in [0.5, 0.6) is 0 Å². The molecule has 1 aromatic heterocycles. The number of benzene rings is 2. The van der Waals surface area contributed by atoms with Crippen molar-refractivity contribution in [3.8, 4) is 11.5 Å². The number of nitrogens with zero attached hydrogens (tertiary/aromatic N) is 3. The molecule has 0 bridgehead atoms. The van der Waals surface area contributed by atoms with Crippen molar-refractivity contribution in [1.29, 1.82) is 0 Å². The maximum atomic E-state index is 13.2. The van der Waals surface area contributed by atoms with Gasteiger partial charge in [0.1, 0.15) is 11.8 Å². The fourth-order valence-corrected chi connectivity index (χ4v) is 5.74. The lowest BCUT2D eigenvalue weighted by Crippen LogP contribution is -2.70.